The van der Waals surface area contributed by atoms with Crippen molar-refractivity contribution < 1.29 is 31.9 Å². The van der Waals surface area contributed by atoms with E-state index in [2.05, 4.69) is 5.32 Å². The van der Waals surface area contributed by atoms with E-state index < -0.39 is 24.0 Å². The Balaban J connectivity index is 2.04. The van der Waals surface area contributed by atoms with Crippen molar-refractivity contribution in [1.29, 1.82) is 0 Å². The number of rotatable bonds is 6. The summed E-state index contributed by atoms with van der Waals surface area (Å²) in [7, 11) is 1.42. The Morgan fingerprint density at radius 2 is 1.74 bits per heavy atom. The first-order valence-corrected chi connectivity index (χ1v) is 10.1. The number of amides is 2. The molecule has 9 heteroatoms. The number of carbonyl (C=O) groups excluding carboxylic acids is 2. The molecule has 0 aliphatic heterocycles. The summed E-state index contributed by atoms with van der Waals surface area (Å²) in [4.78, 5) is 26.2. The van der Waals surface area contributed by atoms with Gasteiger partial charge in [-0.25, -0.2) is 0 Å². The highest BCUT2D eigenvalue weighted by Gasteiger charge is 2.48. The molecule has 0 radical (unpaired) electrons. The molecule has 1 aliphatic rings. The van der Waals surface area contributed by atoms with E-state index >= 15 is 0 Å². The van der Waals surface area contributed by atoms with Crippen LogP contribution in [0.15, 0.2) is 40.8 Å². The van der Waals surface area contributed by atoms with Crippen LogP contribution >= 0.6 is 0 Å². The number of furan rings is 1. The number of halogens is 3. The molecular weight excluding hydrogens is 413 g/mol. The molecule has 1 fully saturated rings. The molecule has 3 rings (SSSR count). The second-order valence-corrected chi connectivity index (χ2v) is 7.57. The number of methoxy groups -OCH3 is 1. The maximum Gasteiger partial charge on any atom is 0.471 e. The highest BCUT2D eigenvalue weighted by atomic mass is 19.4. The molecule has 1 atom stereocenters. The zero-order chi connectivity index (χ0) is 22.6. The molecule has 1 N–H and O–H groups in total. The maximum absolute atomic E-state index is 13.6. The first kappa shape index (κ1) is 22.7. The third-order valence-corrected chi connectivity index (χ3v) is 5.30. The molecule has 1 aliphatic carbocycles. The Morgan fingerprint density at radius 3 is 2.26 bits per heavy atom. The van der Waals surface area contributed by atoms with Crippen molar-refractivity contribution in [3.63, 3.8) is 0 Å². The van der Waals surface area contributed by atoms with Gasteiger partial charge in [0.25, 0.3) is 5.91 Å². The summed E-state index contributed by atoms with van der Waals surface area (Å²) in [6.45, 7) is 1.61. The van der Waals surface area contributed by atoms with Crippen LogP contribution in [-0.4, -0.2) is 31.1 Å². The summed E-state index contributed by atoms with van der Waals surface area (Å²) in [5.74, 6) is -2.09. The number of ether oxygens (including phenoxy) is 1. The van der Waals surface area contributed by atoms with Crippen LogP contribution in [-0.2, 0) is 9.59 Å². The monoisotopic (exact) mass is 438 g/mol. The van der Waals surface area contributed by atoms with Crippen LogP contribution in [0.3, 0.4) is 0 Å². The molecule has 168 valence electrons. The van der Waals surface area contributed by atoms with Gasteiger partial charge in [0.1, 0.15) is 17.3 Å². The fraction of sp³-hybridized carbons (Fsp3) is 0.455. The standard InChI is InChI=1S/C22H25F3N2O4/c1-14-8-13-18(31-14)19(20(28)26-15-6-4-3-5-7-15)27(21(29)22(23,24)25)16-9-11-17(30-2)12-10-16/h8-13,15,19H,3-7H2,1-2H3,(H,26,28)/t19-/m1/s1. The number of carbonyl (C=O) groups is 2. The quantitative estimate of drug-likeness (QED) is 0.711. The lowest BCUT2D eigenvalue weighted by Gasteiger charge is -2.32. The normalized spacial score (nSPS) is 15.9. The molecule has 1 heterocycles. The lowest BCUT2D eigenvalue weighted by atomic mass is 9.95. The average Bonchev–Trinajstić information content (AvgIpc) is 3.17. The van der Waals surface area contributed by atoms with Gasteiger partial charge in [-0.1, -0.05) is 19.3 Å². The Labute approximate surface area is 178 Å². The molecule has 0 unspecified atom stereocenters. The van der Waals surface area contributed by atoms with Gasteiger partial charge in [0.15, 0.2) is 6.04 Å². The minimum absolute atomic E-state index is 0.0424. The van der Waals surface area contributed by atoms with Crippen LogP contribution in [0.5, 0.6) is 5.75 Å². The molecule has 1 aromatic heterocycles. The summed E-state index contributed by atoms with van der Waals surface area (Å²) in [6.07, 6.45) is -0.794. The minimum atomic E-state index is -5.19. The molecule has 6 nitrogen and oxygen atoms in total. The summed E-state index contributed by atoms with van der Waals surface area (Å²) in [6, 6.07) is 6.65. The zero-order valence-corrected chi connectivity index (χ0v) is 17.4. The van der Waals surface area contributed by atoms with E-state index in [9.17, 15) is 22.8 Å². The number of benzene rings is 1. The Hall–Kier alpha value is -2.97. The highest BCUT2D eigenvalue weighted by Crippen LogP contribution is 2.34. The van der Waals surface area contributed by atoms with Crippen molar-refractivity contribution in [2.24, 2.45) is 0 Å². The van der Waals surface area contributed by atoms with E-state index in [1.54, 1.807) is 13.0 Å². The first-order chi connectivity index (χ1) is 14.7. The van der Waals surface area contributed by atoms with E-state index in [1.807, 2.05) is 0 Å². The number of hydrogen-bond acceptors (Lipinski definition) is 4. The smallest absolute Gasteiger partial charge is 0.471 e. The largest absolute Gasteiger partial charge is 0.497 e. The van der Waals surface area contributed by atoms with Crippen LogP contribution in [0.2, 0.25) is 0 Å². The van der Waals surface area contributed by atoms with Crippen molar-refractivity contribution in [1.82, 2.24) is 5.32 Å². The molecule has 0 saturated heterocycles. The van der Waals surface area contributed by atoms with Crippen molar-refractivity contribution in [3.05, 3.63) is 47.9 Å². The Kier molecular flexibility index (Phi) is 6.92. The van der Waals surface area contributed by atoms with Gasteiger partial charge < -0.3 is 14.5 Å². The first-order valence-electron chi connectivity index (χ1n) is 10.1. The lowest BCUT2D eigenvalue weighted by Crippen LogP contribution is -2.50. The third-order valence-electron chi connectivity index (χ3n) is 5.30. The molecule has 2 aromatic rings. The van der Waals surface area contributed by atoms with Crippen LogP contribution in [0, 0.1) is 6.92 Å². The molecule has 1 saturated carbocycles. The summed E-state index contributed by atoms with van der Waals surface area (Å²) in [5.41, 5.74) is -0.0963. The molecule has 31 heavy (non-hydrogen) atoms. The van der Waals surface area contributed by atoms with Crippen molar-refractivity contribution >= 4 is 17.5 Å². The molecule has 0 spiro atoms. The summed E-state index contributed by atoms with van der Waals surface area (Å²) < 4.78 is 51.2. The molecule has 0 bridgehead atoms. The predicted octanol–water partition coefficient (Wildman–Crippen LogP) is 4.68. The average molecular weight is 438 g/mol. The van der Waals surface area contributed by atoms with Crippen LogP contribution in [0.4, 0.5) is 18.9 Å². The second kappa shape index (κ2) is 9.45. The van der Waals surface area contributed by atoms with Gasteiger partial charge >= 0.3 is 12.1 Å². The summed E-state index contributed by atoms with van der Waals surface area (Å²) in [5, 5.41) is 2.82. The van der Waals surface area contributed by atoms with Crippen molar-refractivity contribution in [2.45, 2.75) is 57.3 Å². The van der Waals surface area contributed by atoms with E-state index in [1.165, 1.54) is 37.4 Å². The zero-order valence-electron chi connectivity index (χ0n) is 17.4. The van der Waals surface area contributed by atoms with Crippen LogP contribution < -0.4 is 15.0 Å². The van der Waals surface area contributed by atoms with Gasteiger partial charge in [-0.05, 0) is 56.2 Å². The van der Waals surface area contributed by atoms with E-state index in [0.29, 0.717) is 16.4 Å². The lowest BCUT2D eigenvalue weighted by molar-refractivity contribution is -0.171. The van der Waals surface area contributed by atoms with Gasteiger partial charge in [0, 0.05) is 11.7 Å². The molecule has 1 aromatic carbocycles. The minimum Gasteiger partial charge on any atom is -0.497 e. The van der Waals surface area contributed by atoms with Crippen LogP contribution in [0.25, 0.3) is 0 Å². The van der Waals surface area contributed by atoms with Crippen molar-refractivity contribution in [2.75, 3.05) is 12.0 Å². The van der Waals surface area contributed by atoms with Gasteiger partial charge in [0.2, 0.25) is 0 Å². The SMILES string of the molecule is COc1ccc(N(C(=O)C(F)(F)F)[C@@H](C(=O)NC2CCCCC2)c2ccc(C)o2)cc1. The third kappa shape index (κ3) is 5.39. The fourth-order valence-corrected chi connectivity index (χ4v) is 3.76. The highest BCUT2D eigenvalue weighted by molar-refractivity contribution is 6.03. The second-order valence-electron chi connectivity index (χ2n) is 7.57. The number of aryl methyl sites for hydroxylation is 1. The van der Waals surface area contributed by atoms with Crippen molar-refractivity contribution in [3.8, 4) is 5.75 Å². The maximum atomic E-state index is 13.6. The Bertz CT molecular complexity index is 902. The van der Waals surface area contributed by atoms with Crippen LogP contribution in [0.1, 0.15) is 49.7 Å². The summed E-state index contributed by atoms with van der Waals surface area (Å²) >= 11 is 0. The number of nitrogens with one attached hydrogen (secondary N) is 1. The number of anilines is 1. The Morgan fingerprint density at radius 1 is 1.10 bits per heavy atom. The van der Waals surface area contributed by atoms with E-state index in [4.69, 9.17) is 9.15 Å². The number of nitrogens with zero attached hydrogens (tertiary/aromatic N) is 1. The molecular formula is C22H25F3N2O4. The van der Waals surface area contributed by atoms with E-state index in [0.717, 1.165) is 32.1 Å². The van der Waals surface area contributed by atoms with Gasteiger partial charge in [-0.3, -0.25) is 14.5 Å². The van der Waals surface area contributed by atoms with Gasteiger partial charge in [0.05, 0.1) is 7.11 Å². The fourth-order valence-electron chi connectivity index (χ4n) is 3.76. The van der Waals surface area contributed by atoms with Gasteiger partial charge in [-0.2, -0.15) is 13.2 Å². The topological polar surface area (TPSA) is 71.8 Å². The number of hydrogen-bond donors (Lipinski definition) is 1. The predicted molar refractivity (Wildman–Crippen MR) is 108 cm³/mol. The number of alkyl halides is 3. The van der Waals surface area contributed by atoms with Gasteiger partial charge in [-0.15, -0.1) is 0 Å². The molecule has 2 amide bonds. The van der Waals surface area contributed by atoms with E-state index in [-0.39, 0.29) is 17.5 Å².